The molecule has 2 aromatic rings. The number of nitrogens with one attached hydrogen (secondary N) is 2. The van der Waals surface area contributed by atoms with E-state index in [2.05, 4.69) is 10.6 Å². The van der Waals surface area contributed by atoms with Crippen LogP contribution in [0.25, 0.3) is 0 Å². The topological polar surface area (TPSA) is 67.4 Å². The van der Waals surface area contributed by atoms with Gasteiger partial charge in [-0.2, -0.15) is 0 Å². The molecule has 1 atom stereocenters. The van der Waals surface area contributed by atoms with E-state index in [1.807, 2.05) is 63.2 Å². The number of aryl methyl sites for hydroxylation is 2. The molecule has 1 unspecified atom stereocenters. The molecule has 3 rings (SSSR count). The number of anilines is 1. The van der Waals surface area contributed by atoms with Gasteiger partial charge >= 0.3 is 0 Å². The summed E-state index contributed by atoms with van der Waals surface area (Å²) in [7, 11) is 0. The highest BCUT2D eigenvalue weighted by Gasteiger charge is 2.29. The van der Waals surface area contributed by atoms with E-state index in [0.717, 1.165) is 41.0 Å². The Kier molecular flexibility index (Phi) is 5.79. The molecule has 0 heterocycles. The van der Waals surface area contributed by atoms with Crippen LogP contribution in [-0.4, -0.2) is 18.4 Å². The van der Waals surface area contributed by atoms with Crippen molar-refractivity contribution in [2.45, 2.75) is 39.7 Å². The van der Waals surface area contributed by atoms with Crippen LogP contribution in [0, 0.1) is 19.8 Å². The molecule has 2 N–H and O–H groups in total. The van der Waals surface area contributed by atoms with E-state index in [4.69, 9.17) is 4.74 Å². The molecule has 142 valence electrons. The Balaban J connectivity index is 1.51. The first-order valence-electron chi connectivity index (χ1n) is 9.33. The Morgan fingerprint density at radius 2 is 1.70 bits per heavy atom. The van der Waals surface area contributed by atoms with Crippen LogP contribution in [0.3, 0.4) is 0 Å². The number of benzene rings is 2. The molecule has 0 saturated heterocycles. The van der Waals surface area contributed by atoms with Crippen molar-refractivity contribution in [2.75, 3.05) is 11.9 Å². The summed E-state index contributed by atoms with van der Waals surface area (Å²) in [6.45, 7) is 5.83. The Morgan fingerprint density at radius 3 is 2.30 bits per heavy atom. The lowest BCUT2D eigenvalue weighted by Crippen LogP contribution is -2.31. The standard InChI is InChI=1S/C22H26N2O3/c1-14-5-4-6-15(2)21(14)27-13-20(25)23-16(3)17-9-11-19(12-10-17)24-22(26)18-7-8-18/h4-6,9-12,16,18H,7-8,13H2,1-3H3,(H,23,25)(H,24,26). The highest BCUT2D eigenvalue weighted by atomic mass is 16.5. The lowest BCUT2D eigenvalue weighted by Gasteiger charge is -2.16. The Labute approximate surface area is 160 Å². The maximum atomic E-state index is 12.2. The minimum absolute atomic E-state index is 0.0223. The van der Waals surface area contributed by atoms with Crippen molar-refractivity contribution >= 4 is 17.5 Å². The second kappa shape index (κ2) is 8.25. The van der Waals surface area contributed by atoms with Gasteiger partial charge in [-0.3, -0.25) is 9.59 Å². The monoisotopic (exact) mass is 366 g/mol. The molecule has 5 heteroatoms. The van der Waals surface area contributed by atoms with E-state index in [0.29, 0.717) is 0 Å². The van der Waals surface area contributed by atoms with Crippen molar-refractivity contribution < 1.29 is 14.3 Å². The van der Waals surface area contributed by atoms with E-state index in [1.165, 1.54) is 0 Å². The molecule has 0 radical (unpaired) electrons. The summed E-state index contributed by atoms with van der Waals surface area (Å²) in [5.74, 6) is 0.861. The predicted molar refractivity (Wildman–Crippen MR) is 106 cm³/mol. The van der Waals surface area contributed by atoms with Gasteiger partial charge in [0.2, 0.25) is 5.91 Å². The van der Waals surface area contributed by atoms with Gasteiger partial charge in [0.1, 0.15) is 5.75 Å². The van der Waals surface area contributed by atoms with E-state index in [9.17, 15) is 9.59 Å². The van der Waals surface area contributed by atoms with Crippen molar-refractivity contribution in [1.29, 1.82) is 0 Å². The molecule has 0 bridgehead atoms. The zero-order chi connectivity index (χ0) is 19.4. The van der Waals surface area contributed by atoms with Crippen LogP contribution in [0.2, 0.25) is 0 Å². The lowest BCUT2D eigenvalue weighted by molar-refractivity contribution is -0.123. The summed E-state index contributed by atoms with van der Waals surface area (Å²) >= 11 is 0. The quantitative estimate of drug-likeness (QED) is 0.781. The van der Waals surface area contributed by atoms with Crippen LogP contribution < -0.4 is 15.4 Å². The fourth-order valence-corrected chi connectivity index (χ4v) is 2.98. The molecule has 2 aromatic carbocycles. The average Bonchev–Trinajstić information content (AvgIpc) is 3.47. The highest BCUT2D eigenvalue weighted by molar-refractivity contribution is 5.94. The molecule has 0 spiro atoms. The van der Waals surface area contributed by atoms with Crippen LogP contribution in [0.1, 0.15) is 42.5 Å². The van der Waals surface area contributed by atoms with Crippen molar-refractivity contribution in [3.63, 3.8) is 0 Å². The predicted octanol–water partition coefficient (Wildman–Crippen LogP) is 3.91. The normalized spacial score (nSPS) is 14.3. The fourth-order valence-electron chi connectivity index (χ4n) is 2.98. The molecule has 1 aliphatic rings. The van der Waals surface area contributed by atoms with E-state index in [1.54, 1.807) is 0 Å². The second-order valence-corrected chi connectivity index (χ2v) is 7.18. The van der Waals surface area contributed by atoms with Crippen LogP contribution in [-0.2, 0) is 9.59 Å². The highest BCUT2D eigenvalue weighted by Crippen LogP contribution is 2.30. The first-order chi connectivity index (χ1) is 12.9. The number of carbonyl (C=O) groups excluding carboxylic acids is 2. The summed E-state index contributed by atoms with van der Waals surface area (Å²) in [4.78, 5) is 24.0. The van der Waals surface area contributed by atoms with Gasteiger partial charge in [-0.15, -0.1) is 0 Å². The maximum absolute atomic E-state index is 12.2. The van der Waals surface area contributed by atoms with Gasteiger partial charge in [-0.05, 0) is 62.4 Å². The molecule has 5 nitrogen and oxygen atoms in total. The maximum Gasteiger partial charge on any atom is 0.258 e. The van der Waals surface area contributed by atoms with Crippen molar-refractivity contribution in [3.8, 4) is 5.75 Å². The van der Waals surface area contributed by atoms with E-state index in [-0.39, 0.29) is 30.4 Å². The third kappa shape index (κ3) is 5.09. The number of para-hydroxylation sites is 1. The van der Waals surface area contributed by atoms with Crippen molar-refractivity contribution in [3.05, 3.63) is 59.2 Å². The molecule has 27 heavy (non-hydrogen) atoms. The largest absolute Gasteiger partial charge is 0.483 e. The van der Waals surface area contributed by atoms with Crippen LogP contribution in [0.15, 0.2) is 42.5 Å². The summed E-state index contributed by atoms with van der Waals surface area (Å²) in [5.41, 5.74) is 3.78. The average molecular weight is 366 g/mol. The number of ether oxygens (including phenoxy) is 1. The number of hydrogen-bond acceptors (Lipinski definition) is 3. The Bertz CT molecular complexity index is 806. The number of amides is 2. The molecule has 0 aliphatic heterocycles. The summed E-state index contributed by atoms with van der Waals surface area (Å²) in [6, 6.07) is 13.3. The Morgan fingerprint density at radius 1 is 1.07 bits per heavy atom. The molecule has 1 aliphatic carbocycles. The third-order valence-electron chi connectivity index (χ3n) is 4.76. The zero-order valence-electron chi connectivity index (χ0n) is 16.0. The second-order valence-electron chi connectivity index (χ2n) is 7.18. The molecule has 2 amide bonds. The van der Waals surface area contributed by atoms with Gasteiger partial charge in [-0.1, -0.05) is 30.3 Å². The van der Waals surface area contributed by atoms with E-state index < -0.39 is 0 Å². The fraction of sp³-hybridized carbons (Fsp3) is 0.364. The van der Waals surface area contributed by atoms with E-state index >= 15 is 0 Å². The third-order valence-corrected chi connectivity index (χ3v) is 4.76. The van der Waals surface area contributed by atoms with Crippen molar-refractivity contribution in [1.82, 2.24) is 5.32 Å². The lowest BCUT2D eigenvalue weighted by atomic mass is 10.1. The van der Waals surface area contributed by atoms with Gasteiger partial charge in [0, 0.05) is 11.6 Å². The first-order valence-corrected chi connectivity index (χ1v) is 9.33. The number of rotatable bonds is 7. The summed E-state index contributed by atoms with van der Waals surface area (Å²) < 4.78 is 5.70. The molecule has 1 saturated carbocycles. The molecular formula is C22H26N2O3. The SMILES string of the molecule is Cc1cccc(C)c1OCC(=O)NC(C)c1ccc(NC(=O)C2CC2)cc1. The smallest absolute Gasteiger partial charge is 0.258 e. The Hall–Kier alpha value is -2.82. The molecule has 0 aromatic heterocycles. The van der Waals surface area contributed by atoms with Gasteiger partial charge < -0.3 is 15.4 Å². The minimum atomic E-state index is -0.170. The van der Waals surface area contributed by atoms with Crippen LogP contribution in [0.5, 0.6) is 5.75 Å². The molecule has 1 fully saturated rings. The van der Waals surface area contributed by atoms with Gasteiger partial charge in [0.25, 0.3) is 5.91 Å². The van der Waals surface area contributed by atoms with Gasteiger partial charge in [0.15, 0.2) is 6.61 Å². The summed E-state index contributed by atoms with van der Waals surface area (Å²) in [5, 5.41) is 5.86. The molecular weight excluding hydrogens is 340 g/mol. The number of hydrogen-bond donors (Lipinski definition) is 2. The van der Waals surface area contributed by atoms with Crippen molar-refractivity contribution in [2.24, 2.45) is 5.92 Å². The van der Waals surface area contributed by atoms with Crippen LogP contribution in [0.4, 0.5) is 5.69 Å². The van der Waals surface area contributed by atoms with Gasteiger partial charge in [0.05, 0.1) is 6.04 Å². The first kappa shape index (κ1) is 19.0. The zero-order valence-corrected chi connectivity index (χ0v) is 16.0. The minimum Gasteiger partial charge on any atom is -0.483 e. The summed E-state index contributed by atoms with van der Waals surface area (Å²) in [6.07, 6.45) is 1.97. The number of carbonyl (C=O) groups is 2. The van der Waals surface area contributed by atoms with Gasteiger partial charge in [-0.25, -0.2) is 0 Å². The van der Waals surface area contributed by atoms with Crippen LogP contribution >= 0.6 is 0 Å².